The summed E-state index contributed by atoms with van der Waals surface area (Å²) in [6.45, 7) is 2.23. The van der Waals surface area contributed by atoms with Gasteiger partial charge in [-0.25, -0.2) is 9.97 Å². The van der Waals surface area contributed by atoms with E-state index in [2.05, 4.69) is 9.97 Å². The first kappa shape index (κ1) is 16.9. The normalized spacial score (nSPS) is 11.3. The second-order valence-corrected chi connectivity index (χ2v) is 8.25. The highest BCUT2D eigenvalue weighted by Gasteiger charge is 2.22. The van der Waals surface area contributed by atoms with Crippen molar-refractivity contribution in [3.8, 4) is 0 Å². The number of rotatable bonds is 3. The number of fused-ring (bicyclic) bond motifs is 2. The molecule has 0 aliphatic rings. The van der Waals surface area contributed by atoms with Crippen LogP contribution in [-0.4, -0.2) is 32.4 Å². The molecule has 0 atom stereocenters. The lowest BCUT2D eigenvalue weighted by atomic mass is 10.2. The fraction of sp³-hybridized carbons (Fsp3) is 0.222. The van der Waals surface area contributed by atoms with E-state index in [0.717, 1.165) is 15.2 Å². The zero-order chi connectivity index (χ0) is 18.4. The fourth-order valence-electron chi connectivity index (χ4n) is 2.85. The Balaban J connectivity index is 1.66. The van der Waals surface area contributed by atoms with Crippen molar-refractivity contribution in [2.75, 3.05) is 7.05 Å². The molecule has 0 unspecified atom stereocenters. The van der Waals surface area contributed by atoms with Gasteiger partial charge in [0, 0.05) is 14.1 Å². The molecule has 132 valence electrons. The number of nitrogens with zero attached hydrogens (tertiary/aromatic N) is 4. The van der Waals surface area contributed by atoms with Crippen molar-refractivity contribution < 1.29 is 4.79 Å². The predicted molar refractivity (Wildman–Crippen MR) is 105 cm³/mol. The number of carbonyl (C=O) groups excluding carboxylic acids is 1. The van der Waals surface area contributed by atoms with Crippen LogP contribution in [-0.2, 0) is 13.6 Å². The number of para-hydroxylation sites is 1. The van der Waals surface area contributed by atoms with Crippen molar-refractivity contribution in [3.63, 3.8) is 0 Å². The highest BCUT2D eigenvalue weighted by Crippen LogP contribution is 2.29. The summed E-state index contributed by atoms with van der Waals surface area (Å²) >= 11 is 2.85. The second-order valence-electron chi connectivity index (χ2n) is 6.13. The van der Waals surface area contributed by atoms with Gasteiger partial charge in [-0.15, -0.1) is 22.7 Å². The van der Waals surface area contributed by atoms with Gasteiger partial charge < -0.3 is 9.47 Å². The first-order valence-corrected chi connectivity index (χ1v) is 9.63. The Labute approximate surface area is 157 Å². The molecule has 3 heterocycles. The number of thiophene rings is 1. The molecule has 1 amide bonds. The summed E-state index contributed by atoms with van der Waals surface area (Å²) in [7, 11) is 3.41. The number of benzene rings is 1. The molecule has 0 bridgehead atoms. The first-order chi connectivity index (χ1) is 12.5. The van der Waals surface area contributed by atoms with Crippen LogP contribution in [0, 0.1) is 6.92 Å². The number of hydrogen-bond acceptors (Lipinski definition) is 6. The molecule has 0 N–H and O–H groups in total. The van der Waals surface area contributed by atoms with Crippen LogP contribution in [0.4, 0.5) is 0 Å². The number of carbonyl (C=O) groups is 1. The van der Waals surface area contributed by atoms with Crippen LogP contribution in [0.5, 0.6) is 0 Å². The monoisotopic (exact) mass is 384 g/mol. The Bertz CT molecular complexity index is 1170. The molecule has 0 spiro atoms. The summed E-state index contributed by atoms with van der Waals surface area (Å²) in [4.78, 5) is 36.9. The lowest BCUT2D eigenvalue weighted by Crippen LogP contribution is -2.26. The lowest BCUT2D eigenvalue weighted by Gasteiger charge is -2.15. The minimum Gasteiger partial charge on any atom is -0.334 e. The zero-order valence-corrected chi connectivity index (χ0v) is 16.1. The van der Waals surface area contributed by atoms with Gasteiger partial charge in [-0.1, -0.05) is 12.1 Å². The lowest BCUT2D eigenvalue weighted by molar-refractivity contribution is 0.0789. The molecule has 3 aromatic heterocycles. The summed E-state index contributed by atoms with van der Waals surface area (Å²) in [5.74, 6) is -0.119. The van der Waals surface area contributed by atoms with Crippen LogP contribution in [0.15, 0.2) is 35.4 Å². The third-order valence-corrected chi connectivity index (χ3v) is 6.47. The van der Waals surface area contributed by atoms with E-state index < -0.39 is 0 Å². The molecule has 26 heavy (non-hydrogen) atoms. The molecule has 4 rings (SSSR count). The van der Waals surface area contributed by atoms with Crippen molar-refractivity contribution in [1.29, 1.82) is 0 Å². The van der Waals surface area contributed by atoms with Crippen molar-refractivity contribution in [3.05, 3.63) is 56.4 Å². The largest absolute Gasteiger partial charge is 0.334 e. The Hall–Kier alpha value is -2.58. The van der Waals surface area contributed by atoms with E-state index in [1.807, 2.05) is 24.3 Å². The maximum atomic E-state index is 12.9. The van der Waals surface area contributed by atoms with Gasteiger partial charge in [0.15, 0.2) is 0 Å². The van der Waals surface area contributed by atoms with Crippen molar-refractivity contribution in [2.24, 2.45) is 7.05 Å². The van der Waals surface area contributed by atoms with Crippen LogP contribution in [0.3, 0.4) is 0 Å². The van der Waals surface area contributed by atoms with Gasteiger partial charge in [-0.05, 0) is 24.6 Å². The quantitative estimate of drug-likeness (QED) is 0.544. The Kier molecular flexibility index (Phi) is 4.08. The van der Waals surface area contributed by atoms with E-state index >= 15 is 0 Å². The molecule has 1 aromatic carbocycles. The molecule has 0 aliphatic carbocycles. The first-order valence-electron chi connectivity index (χ1n) is 8.00. The third kappa shape index (κ3) is 2.71. The topological polar surface area (TPSA) is 68.1 Å². The summed E-state index contributed by atoms with van der Waals surface area (Å²) in [6.07, 6.45) is 1.49. The number of aromatic nitrogens is 3. The van der Waals surface area contributed by atoms with Crippen molar-refractivity contribution >= 4 is 49.0 Å². The maximum absolute atomic E-state index is 12.9. The van der Waals surface area contributed by atoms with Gasteiger partial charge in [-0.2, -0.15) is 0 Å². The van der Waals surface area contributed by atoms with Crippen molar-refractivity contribution in [1.82, 2.24) is 19.4 Å². The smallest absolute Gasteiger partial charge is 0.264 e. The second kappa shape index (κ2) is 6.30. The van der Waals surface area contributed by atoms with Gasteiger partial charge >= 0.3 is 0 Å². The standard InChI is InChI=1S/C18H16N4O2S2/c1-10-14-16(19-9-22(3)17(14)23)26-15(10)18(24)21(2)8-13-20-11-6-4-5-7-12(11)25-13/h4-7,9H,8H2,1-3H3. The van der Waals surface area contributed by atoms with Crippen molar-refractivity contribution in [2.45, 2.75) is 13.5 Å². The van der Waals surface area contributed by atoms with Crippen LogP contribution in [0.25, 0.3) is 20.4 Å². The van der Waals surface area contributed by atoms with Gasteiger partial charge in [0.2, 0.25) is 0 Å². The minimum atomic E-state index is -0.128. The van der Waals surface area contributed by atoms with Crippen LogP contribution in [0.1, 0.15) is 20.2 Å². The molecule has 4 aromatic rings. The Morgan fingerprint density at radius 1 is 1.27 bits per heavy atom. The number of aryl methyl sites for hydroxylation is 2. The summed E-state index contributed by atoms with van der Waals surface area (Å²) in [5.41, 5.74) is 1.51. The molecule has 8 heteroatoms. The average Bonchev–Trinajstić information content (AvgIpc) is 3.18. The Morgan fingerprint density at radius 2 is 2.04 bits per heavy atom. The maximum Gasteiger partial charge on any atom is 0.264 e. The predicted octanol–water partition coefficient (Wildman–Crippen LogP) is 3.19. The molecule has 0 aliphatic heterocycles. The summed E-state index contributed by atoms with van der Waals surface area (Å²) in [6, 6.07) is 7.92. The van der Waals surface area contributed by atoms with Crippen LogP contribution < -0.4 is 5.56 Å². The van der Waals surface area contributed by atoms with Crippen LogP contribution in [0.2, 0.25) is 0 Å². The van der Waals surface area contributed by atoms with Crippen LogP contribution >= 0.6 is 22.7 Å². The van der Waals surface area contributed by atoms with E-state index in [0.29, 0.717) is 27.2 Å². The highest BCUT2D eigenvalue weighted by atomic mass is 32.1. The van der Waals surface area contributed by atoms with E-state index in [9.17, 15) is 9.59 Å². The van der Waals surface area contributed by atoms with E-state index in [-0.39, 0.29) is 11.5 Å². The summed E-state index contributed by atoms with van der Waals surface area (Å²) < 4.78 is 2.54. The minimum absolute atomic E-state index is 0.119. The molecule has 0 radical (unpaired) electrons. The molecule has 0 saturated heterocycles. The third-order valence-electron chi connectivity index (χ3n) is 4.26. The Morgan fingerprint density at radius 3 is 2.81 bits per heavy atom. The molecule has 0 saturated carbocycles. The van der Waals surface area contributed by atoms with E-state index in [1.165, 1.54) is 22.2 Å². The molecular weight excluding hydrogens is 368 g/mol. The molecular formula is C18H16N4O2S2. The van der Waals surface area contributed by atoms with E-state index in [4.69, 9.17) is 0 Å². The number of amides is 1. The molecule has 0 fully saturated rings. The SMILES string of the molecule is Cc1c(C(=O)N(C)Cc2nc3ccccc3s2)sc2ncn(C)c(=O)c12. The summed E-state index contributed by atoms with van der Waals surface area (Å²) in [5, 5.41) is 1.41. The molecule has 6 nitrogen and oxygen atoms in total. The van der Waals surface area contributed by atoms with Gasteiger partial charge in [-0.3, -0.25) is 9.59 Å². The highest BCUT2D eigenvalue weighted by molar-refractivity contribution is 7.20. The number of thiazole rings is 1. The van der Waals surface area contributed by atoms with Gasteiger partial charge in [0.05, 0.1) is 33.4 Å². The van der Waals surface area contributed by atoms with Gasteiger partial charge in [0.1, 0.15) is 9.84 Å². The average molecular weight is 384 g/mol. The van der Waals surface area contributed by atoms with E-state index in [1.54, 1.807) is 37.3 Å². The van der Waals surface area contributed by atoms with Gasteiger partial charge in [0.25, 0.3) is 11.5 Å². The fourth-order valence-corrected chi connectivity index (χ4v) is 5.00. The zero-order valence-electron chi connectivity index (χ0n) is 14.5. The number of hydrogen-bond donors (Lipinski definition) is 0.